The fraction of sp³-hybridized carbons (Fsp3) is 0.353. The Kier molecular flexibility index (Phi) is 6.01. The third kappa shape index (κ3) is 4.25. The van der Waals surface area contributed by atoms with Crippen molar-refractivity contribution in [3.05, 3.63) is 50.1 Å². The minimum Gasteiger partial charge on any atom is -0.469 e. The SMILES string of the molecule is COC(=O)C(C)(C)Cn1c(C(F)(F)F)cc([N+](=O)[O-])c1-c1ccc(Cl)c(Cl)c1. The molecule has 0 amide bonds. The van der Waals surface area contributed by atoms with Crippen LogP contribution in [-0.2, 0) is 22.3 Å². The lowest BCUT2D eigenvalue weighted by Crippen LogP contribution is -2.32. The van der Waals surface area contributed by atoms with E-state index < -0.39 is 40.4 Å². The zero-order valence-corrected chi connectivity index (χ0v) is 16.4. The number of rotatable bonds is 5. The number of nitrogens with zero attached hydrogens (tertiary/aromatic N) is 2. The number of hydrogen-bond acceptors (Lipinski definition) is 4. The van der Waals surface area contributed by atoms with Crippen LogP contribution in [0, 0.1) is 15.5 Å². The number of nitro groups is 1. The predicted octanol–water partition coefficient (Wildman–Crippen LogP) is 5.59. The summed E-state index contributed by atoms with van der Waals surface area (Å²) in [6.45, 7) is 2.24. The topological polar surface area (TPSA) is 74.4 Å². The zero-order valence-electron chi connectivity index (χ0n) is 14.9. The smallest absolute Gasteiger partial charge is 0.431 e. The largest absolute Gasteiger partial charge is 0.469 e. The molecule has 6 nitrogen and oxygen atoms in total. The Bertz CT molecular complexity index is 939. The molecule has 1 heterocycles. The summed E-state index contributed by atoms with van der Waals surface area (Å²) in [5, 5.41) is 11.6. The number of esters is 1. The molecule has 0 radical (unpaired) electrons. The second kappa shape index (κ2) is 7.63. The van der Waals surface area contributed by atoms with Gasteiger partial charge in [-0.25, -0.2) is 0 Å². The van der Waals surface area contributed by atoms with Crippen LogP contribution in [0.1, 0.15) is 19.5 Å². The quantitative estimate of drug-likeness (QED) is 0.346. The molecule has 28 heavy (non-hydrogen) atoms. The van der Waals surface area contributed by atoms with Gasteiger partial charge in [-0.3, -0.25) is 14.9 Å². The van der Waals surface area contributed by atoms with E-state index in [9.17, 15) is 28.1 Å². The first-order chi connectivity index (χ1) is 12.8. The first-order valence-electron chi connectivity index (χ1n) is 7.78. The molecule has 0 saturated heterocycles. The fourth-order valence-corrected chi connectivity index (χ4v) is 3.05. The lowest BCUT2D eigenvalue weighted by Gasteiger charge is -2.25. The van der Waals surface area contributed by atoms with E-state index in [0.717, 1.165) is 7.11 Å². The maximum Gasteiger partial charge on any atom is 0.431 e. The van der Waals surface area contributed by atoms with Crippen LogP contribution in [0.15, 0.2) is 24.3 Å². The van der Waals surface area contributed by atoms with Crippen LogP contribution in [0.3, 0.4) is 0 Å². The van der Waals surface area contributed by atoms with Crippen LogP contribution in [0.2, 0.25) is 10.0 Å². The first kappa shape index (κ1) is 22.0. The average Bonchev–Trinajstić information content (AvgIpc) is 2.95. The molecule has 1 aromatic carbocycles. The molecular formula is C17H15Cl2F3N2O4. The van der Waals surface area contributed by atoms with Gasteiger partial charge in [0.2, 0.25) is 0 Å². The first-order valence-corrected chi connectivity index (χ1v) is 8.54. The van der Waals surface area contributed by atoms with Gasteiger partial charge in [0.1, 0.15) is 11.4 Å². The van der Waals surface area contributed by atoms with Gasteiger partial charge in [0.05, 0.1) is 27.5 Å². The monoisotopic (exact) mass is 438 g/mol. The van der Waals surface area contributed by atoms with E-state index >= 15 is 0 Å². The zero-order chi connectivity index (χ0) is 21.4. The summed E-state index contributed by atoms with van der Waals surface area (Å²) in [5.41, 5.74) is -3.72. The van der Waals surface area contributed by atoms with Crippen molar-refractivity contribution < 1.29 is 27.6 Å². The molecule has 0 unspecified atom stereocenters. The molecule has 0 spiro atoms. The fourth-order valence-electron chi connectivity index (χ4n) is 2.76. The van der Waals surface area contributed by atoms with Crippen LogP contribution in [0.4, 0.5) is 18.9 Å². The van der Waals surface area contributed by atoms with Crippen LogP contribution >= 0.6 is 23.2 Å². The maximum absolute atomic E-state index is 13.6. The molecule has 0 fully saturated rings. The number of carbonyl (C=O) groups excluding carboxylic acids is 1. The third-order valence-electron chi connectivity index (χ3n) is 4.05. The molecule has 2 aromatic rings. The summed E-state index contributed by atoms with van der Waals surface area (Å²) in [6, 6.07) is 4.30. The highest BCUT2D eigenvalue weighted by Crippen LogP contribution is 2.43. The van der Waals surface area contributed by atoms with Gasteiger partial charge in [0.15, 0.2) is 0 Å². The van der Waals surface area contributed by atoms with E-state index in [4.69, 9.17) is 23.2 Å². The van der Waals surface area contributed by atoms with Gasteiger partial charge < -0.3 is 9.30 Å². The van der Waals surface area contributed by atoms with Crippen LogP contribution in [-0.4, -0.2) is 22.6 Å². The van der Waals surface area contributed by atoms with Gasteiger partial charge in [-0.05, 0) is 26.0 Å². The highest BCUT2D eigenvalue weighted by Gasteiger charge is 2.42. The van der Waals surface area contributed by atoms with Gasteiger partial charge in [-0.15, -0.1) is 0 Å². The van der Waals surface area contributed by atoms with E-state index in [1.54, 1.807) is 0 Å². The number of carbonyl (C=O) groups is 1. The lowest BCUT2D eigenvalue weighted by atomic mass is 9.93. The molecule has 0 N–H and O–H groups in total. The van der Waals surface area contributed by atoms with Crippen LogP contribution < -0.4 is 0 Å². The Hall–Kier alpha value is -2.26. The minimum absolute atomic E-state index is 0.0157. The number of halogens is 5. The number of methoxy groups -OCH3 is 1. The van der Waals surface area contributed by atoms with E-state index in [-0.39, 0.29) is 21.3 Å². The Morgan fingerprint density at radius 1 is 1.21 bits per heavy atom. The molecule has 1 aromatic heterocycles. The molecule has 0 atom stereocenters. The van der Waals surface area contributed by atoms with Crippen molar-refractivity contribution in [2.75, 3.05) is 7.11 Å². The highest BCUT2D eigenvalue weighted by atomic mass is 35.5. The Balaban J connectivity index is 2.84. The van der Waals surface area contributed by atoms with Gasteiger partial charge in [0, 0.05) is 18.2 Å². The molecule has 152 valence electrons. The van der Waals surface area contributed by atoms with Gasteiger partial charge >= 0.3 is 12.1 Å². The van der Waals surface area contributed by atoms with Crippen molar-refractivity contribution in [3.8, 4) is 11.3 Å². The second-order valence-electron chi connectivity index (χ2n) is 6.61. The normalized spacial score (nSPS) is 12.1. The Morgan fingerprint density at radius 2 is 1.82 bits per heavy atom. The van der Waals surface area contributed by atoms with Crippen LogP contribution in [0.5, 0.6) is 0 Å². The Morgan fingerprint density at radius 3 is 2.29 bits per heavy atom. The maximum atomic E-state index is 13.6. The molecule has 2 rings (SSSR count). The standard InChI is InChI=1S/C17H15Cl2F3N2O4/c1-16(2,15(25)28-3)8-23-13(17(20,21)22)7-12(24(26)27)14(23)9-4-5-10(18)11(19)6-9/h4-7H,8H2,1-3H3. The molecular weight excluding hydrogens is 424 g/mol. The minimum atomic E-state index is -4.90. The molecule has 0 aliphatic heterocycles. The van der Waals surface area contributed by atoms with Crippen molar-refractivity contribution in [1.82, 2.24) is 4.57 Å². The number of aromatic nitrogens is 1. The third-order valence-corrected chi connectivity index (χ3v) is 4.79. The van der Waals surface area contributed by atoms with E-state index in [1.807, 2.05) is 0 Å². The van der Waals surface area contributed by atoms with Crippen molar-refractivity contribution in [1.29, 1.82) is 0 Å². The predicted molar refractivity (Wildman–Crippen MR) is 97.3 cm³/mol. The molecule has 0 bridgehead atoms. The average molecular weight is 439 g/mol. The second-order valence-corrected chi connectivity index (χ2v) is 7.42. The van der Waals surface area contributed by atoms with Crippen molar-refractivity contribution in [2.24, 2.45) is 5.41 Å². The molecule has 0 aliphatic carbocycles. The number of ether oxygens (including phenoxy) is 1. The Labute approximate surface area is 167 Å². The van der Waals surface area contributed by atoms with E-state index in [2.05, 4.69) is 4.74 Å². The van der Waals surface area contributed by atoms with Crippen LogP contribution in [0.25, 0.3) is 11.3 Å². The molecule has 0 aliphatic rings. The van der Waals surface area contributed by atoms with Crippen molar-refractivity contribution in [3.63, 3.8) is 0 Å². The molecule has 0 saturated carbocycles. The summed E-state index contributed by atoms with van der Waals surface area (Å²) in [6.07, 6.45) is -4.90. The summed E-state index contributed by atoms with van der Waals surface area (Å²) >= 11 is 11.8. The lowest BCUT2D eigenvalue weighted by molar-refractivity contribution is -0.384. The van der Waals surface area contributed by atoms with Gasteiger partial charge in [-0.2, -0.15) is 13.2 Å². The number of hydrogen-bond donors (Lipinski definition) is 0. The number of benzene rings is 1. The summed E-state index contributed by atoms with van der Waals surface area (Å²) in [5.74, 6) is -0.767. The summed E-state index contributed by atoms with van der Waals surface area (Å²) in [4.78, 5) is 22.5. The van der Waals surface area contributed by atoms with E-state index in [1.165, 1.54) is 32.0 Å². The summed E-state index contributed by atoms with van der Waals surface area (Å²) < 4.78 is 46.2. The molecule has 11 heteroatoms. The van der Waals surface area contributed by atoms with E-state index in [0.29, 0.717) is 10.6 Å². The van der Waals surface area contributed by atoms with Crippen molar-refractivity contribution in [2.45, 2.75) is 26.6 Å². The van der Waals surface area contributed by atoms with Crippen molar-refractivity contribution >= 4 is 34.9 Å². The van der Waals surface area contributed by atoms with Gasteiger partial charge in [-0.1, -0.05) is 29.3 Å². The summed E-state index contributed by atoms with van der Waals surface area (Å²) in [7, 11) is 1.10. The highest BCUT2D eigenvalue weighted by molar-refractivity contribution is 6.42. The number of alkyl halides is 3. The van der Waals surface area contributed by atoms with Gasteiger partial charge in [0.25, 0.3) is 5.69 Å².